The summed E-state index contributed by atoms with van der Waals surface area (Å²) in [6.07, 6.45) is 0. The summed E-state index contributed by atoms with van der Waals surface area (Å²) in [5.74, 6) is -0.239. The number of carbonyl (C=O) groups is 1. The van der Waals surface area contributed by atoms with Crippen LogP contribution in [0.2, 0.25) is 0 Å². The molecule has 0 aliphatic carbocycles. The molecule has 4 nitrogen and oxygen atoms in total. The molecule has 1 aromatic rings. The number of hydrogen-bond acceptors (Lipinski definition) is 3. The molecule has 0 aliphatic heterocycles. The third-order valence-corrected chi connectivity index (χ3v) is 4.03. The van der Waals surface area contributed by atoms with Gasteiger partial charge in [0.1, 0.15) is 5.75 Å². The Morgan fingerprint density at radius 3 is 2.29 bits per heavy atom. The Kier molecular flexibility index (Phi) is 4.28. The molecule has 3 N–H and O–H groups in total. The molecule has 1 rings (SSSR count). The Labute approximate surface area is 104 Å². The molecular formula is C12H18N2O2S. The number of nitrogens with one attached hydrogen (secondary N) is 1. The lowest BCUT2D eigenvalue weighted by Crippen LogP contribution is -2.30. The van der Waals surface area contributed by atoms with Gasteiger partial charge in [-0.05, 0) is 45.0 Å². The number of amides is 1. The Bertz CT molecular complexity index is 421. The van der Waals surface area contributed by atoms with E-state index in [4.69, 9.17) is 5.73 Å². The molecule has 0 saturated heterocycles. The Balaban J connectivity index is 2.56. The molecule has 1 atom stereocenters. The fourth-order valence-electron chi connectivity index (χ4n) is 1.10. The number of carbonyl (C=O) groups excluding carboxylic acids is 1. The van der Waals surface area contributed by atoms with Crippen molar-refractivity contribution < 1.29 is 9.00 Å². The van der Waals surface area contributed by atoms with Gasteiger partial charge in [0.15, 0.2) is 0 Å². The monoisotopic (exact) mass is 254 g/mol. The second-order valence-electron chi connectivity index (χ2n) is 4.77. The smallest absolute Gasteiger partial charge is 0.237 e. The highest BCUT2D eigenvalue weighted by Gasteiger charge is 2.21. The van der Waals surface area contributed by atoms with Crippen LogP contribution < -0.4 is 11.1 Å². The molecule has 0 saturated carbocycles. The first-order valence-corrected chi connectivity index (χ1v) is 6.65. The molecule has 0 spiro atoms. The van der Waals surface area contributed by atoms with Crippen molar-refractivity contribution in [2.75, 3.05) is 16.8 Å². The normalized spacial score (nSPS) is 13.1. The average molecular weight is 254 g/mol. The van der Waals surface area contributed by atoms with Gasteiger partial charge in [0.2, 0.25) is 5.91 Å². The van der Waals surface area contributed by atoms with Gasteiger partial charge in [-0.25, -0.2) is 0 Å². The highest BCUT2D eigenvalue weighted by molar-refractivity contribution is 7.87. The Hall–Kier alpha value is -1.36. The highest BCUT2D eigenvalue weighted by atomic mass is 32.2. The molecule has 94 valence electrons. The van der Waals surface area contributed by atoms with Crippen molar-refractivity contribution in [2.45, 2.75) is 25.5 Å². The zero-order chi connectivity index (χ0) is 13.1. The van der Waals surface area contributed by atoms with Gasteiger partial charge in [0, 0.05) is 26.9 Å². The standard InChI is InChI=1S/C12H18N2O2S/c1-12(2,3)17(16)8-11(15)14-10-6-4-9(13)5-7-10/h4-7H,8,13H2,1-3H3,(H,14,15). The molecular weight excluding hydrogens is 236 g/mol. The first-order chi connectivity index (χ1) is 7.79. The lowest BCUT2D eigenvalue weighted by atomic mass is 10.3. The van der Waals surface area contributed by atoms with Crippen molar-refractivity contribution in [3.05, 3.63) is 24.3 Å². The van der Waals surface area contributed by atoms with Gasteiger partial charge < -0.3 is 11.1 Å². The van der Waals surface area contributed by atoms with E-state index in [1.165, 1.54) is 0 Å². The van der Waals surface area contributed by atoms with Crippen LogP contribution in [0, 0.1) is 0 Å². The maximum absolute atomic E-state index is 11.7. The zero-order valence-corrected chi connectivity index (χ0v) is 11.1. The van der Waals surface area contributed by atoms with Crippen LogP contribution >= 0.6 is 0 Å². The van der Waals surface area contributed by atoms with Crippen LogP contribution in [-0.2, 0) is 15.6 Å². The van der Waals surface area contributed by atoms with E-state index >= 15 is 0 Å². The molecule has 0 heterocycles. The van der Waals surface area contributed by atoms with Gasteiger partial charge in [-0.15, -0.1) is 0 Å². The van der Waals surface area contributed by atoms with Gasteiger partial charge in [-0.3, -0.25) is 9.00 Å². The summed E-state index contributed by atoms with van der Waals surface area (Å²) >= 11 is 0. The summed E-state index contributed by atoms with van der Waals surface area (Å²) < 4.78 is 11.4. The van der Waals surface area contributed by atoms with Crippen molar-refractivity contribution in [1.29, 1.82) is 0 Å². The van der Waals surface area contributed by atoms with E-state index in [1.807, 2.05) is 20.8 Å². The fourth-order valence-corrected chi connectivity index (χ4v) is 1.84. The summed E-state index contributed by atoms with van der Waals surface area (Å²) in [7, 11) is -1.18. The molecule has 0 aromatic heterocycles. The second kappa shape index (κ2) is 5.31. The number of anilines is 2. The van der Waals surface area contributed by atoms with Crippen LogP contribution in [0.15, 0.2) is 24.3 Å². The SMILES string of the molecule is CC(C)(C)S(=O)CC(=O)Nc1ccc(N)cc1. The van der Waals surface area contributed by atoms with E-state index in [9.17, 15) is 9.00 Å². The van der Waals surface area contributed by atoms with Gasteiger partial charge in [0.05, 0.1) is 0 Å². The molecule has 0 aliphatic rings. The zero-order valence-electron chi connectivity index (χ0n) is 10.3. The maximum atomic E-state index is 11.7. The number of rotatable bonds is 3. The van der Waals surface area contributed by atoms with E-state index in [-0.39, 0.29) is 16.4 Å². The van der Waals surface area contributed by atoms with E-state index < -0.39 is 10.8 Å². The van der Waals surface area contributed by atoms with Crippen molar-refractivity contribution in [3.63, 3.8) is 0 Å². The molecule has 1 amide bonds. The number of benzene rings is 1. The van der Waals surface area contributed by atoms with Gasteiger partial charge in [-0.1, -0.05) is 0 Å². The molecule has 17 heavy (non-hydrogen) atoms. The molecule has 0 fully saturated rings. The van der Waals surface area contributed by atoms with E-state index in [1.54, 1.807) is 24.3 Å². The van der Waals surface area contributed by atoms with E-state index in [0.717, 1.165) is 0 Å². The van der Waals surface area contributed by atoms with Gasteiger partial charge in [0.25, 0.3) is 0 Å². The Morgan fingerprint density at radius 1 is 1.29 bits per heavy atom. The fraction of sp³-hybridized carbons (Fsp3) is 0.417. The van der Waals surface area contributed by atoms with Crippen LogP contribution in [0.3, 0.4) is 0 Å². The van der Waals surface area contributed by atoms with Crippen molar-refractivity contribution in [3.8, 4) is 0 Å². The number of nitrogen functional groups attached to an aromatic ring is 1. The van der Waals surface area contributed by atoms with E-state index in [0.29, 0.717) is 11.4 Å². The summed E-state index contributed by atoms with van der Waals surface area (Å²) in [5, 5.41) is 2.68. The maximum Gasteiger partial charge on any atom is 0.237 e. The molecule has 0 bridgehead atoms. The summed E-state index contributed by atoms with van der Waals surface area (Å²) in [6, 6.07) is 6.84. The highest BCUT2D eigenvalue weighted by Crippen LogP contribution is 2.13. The summed E-state index contributed by atoms with van der Waals surface area (Å²) in [6.45, 7) is 5.54. The van der Waals surface area contributed by atoms with Crippen LogP contribution in [-0.4, -0.2) is 20.6 Å². The van der Waals surface area contributed by atoms with Crippen molar-refractivity contribution in [2.24, 2.45) is 0 Å². The van der Waals surface area contributed by atoms with Crippen LogP contribution in [0.1, 0.15) is 20.8 Å². The van der Waals surface area contributed by atoms with Gasteiger partial charge in [-0.2, -0.15) is 0 Å². The van der Waals surface area contributed by atoms with E-state index in [2.05, 4.69) is 5.32 Å². The second-order valence-corrected chi connectivity index (χ2v) is 6.98. The third-order valence-electron chi connectivity index (χ3n) is 2.14. The first kappa shape index (κ1) is 13.7. The predicted octanol–water partition coefficient (Wildman–Crippen LogP) is 1.75. The topological polar surface area (TPSA) is 72.2 Å². The minimum atomic E-state index is -1.18. The minimum absolute atomic E-state index is 0.00781. The van der Waals surface area contributed by atoms with Crippen molar-refractivity contribution >= 4 is 28.1 Å². The summed E-state index contributed by atoms with van der Waals surface area (Å²) in [5.41, 5.74) is 6.84. The predicted molar refractivity (Wildman–Crippen MR) is 72.2 cm³/mol. The number of nitrogens with two attached hydrogens (primary N) is 1. The quantitative estimate of drug-likeness (QED) is 0.807. The van der Waals surface area contributed by atoms with Crippen LogP contribution in [0.25, 0.3) is 0 Å². The third kappa shape index (κ3) is 4.56. The van der Waals surface area contributed by atoms with Crippen molar-refractivity contribution in [1.82, 2.24) is 0 Å². The largest absolute Gasteiger partial charge is 0.399 e. The van der Waals surface area contributed by atoms with Gasteiger partial charge >= 0.3 is 0 Å². The lowest BCUT2D eigenvalue weighted by molar-refractivity contribution is -0.113. The van der Waals surface area contributed by atoms with Crippen LogP contribution in [0.4, 0.5) is 11.4 Å². The molecule has 5 heteroatoms. The molecule has 1 unspecified atom stereocenters. The minimum Gasteiger partial charge on any atom is -0.399 e. The van der Waals surface area contributed by atoms with Crippen LogP contribution in [0.5, 0.6) is 0 Å². The number of hydrogen-bond donors (Lipinski definition) is 2. The lowest BCUT2D eigenvalue weighted by Gasteiger charge is -2.17. The molecule has 1 aromatic carbocycles. The Morgan fingerprint density at radius 2 is 1.82 bits per heavy atom. The first-order valence-electron chi connectivity index (χ1n) is 5.33. The average Bonchev–Trinajstić information content (AvgIpc) is 2.20. The molecule has 0 radical (unpaired) electrons. The summed E-state index contributed by atoms with van der Waals surface area (Å²) in [4.78, 5) is 11.6.